The SMILES string of the molecule is Cc1ccccc1-c1ccc(-c2nc(-c3ccc(COC(C(=O)O)C(C)(C)C)cc3)no2)cc1C(F)(F)F. The van der Waals surface area contributed by atoms with E-state index in [1.54, 1.807) is 76.2 Å². The maximum atomic E-state index is 14.0. The average Bonchev–Trinajstić information content (AvgIpc) is 3.33. The van der Waals surface area contributed by atoms with Gasteiger partial charge in [0, 0.05) is 11.1 Å². The molecule has 1 aromatic heterocycles. The van der Waals surface area contributed by atoms with Crippen molar-refractivity contribution in [2.75, 3.05) is 0 Å². The fourth-order valence-electron chi connectivity index (χ4n) is 4.10. The molecule has 0 aliphatic carbocycles. The Morgan fingerprint density at radius 2 is 1.63 bits per heavy atom. The van der Waals surface area contributed by atoms with Gasteiger partial charge in [0.2, 0.25) is 5.82 Å². The molecular weight excluding hydrogens is 497 g/mol. The van der Waals surface area contributed by atoms with Crippen molar-refractivity contribution in [1.29, 1.82) is 0 Å². The standard InChI is InChI=1S/C29H27F3N2O4/c1-17-7-5-6-8-21(17)22-14-13-20(15-23(22)29(30,31)32)26-33-25(34-38-26)19-11-9-18(10-12-19)16-37-24(27(35)36)28(2,3)4/h5-15,24H,16H2,1-4H3,(H,35,36). The van der Waals surface area contributed by atoms with Crippen LogP contribution in [-0.2, 0) is 22.3 Å². The summed E-state index contributed by atoms with van der Waals surface area (Å²) in [7, 11) is 0. The van der Waals surface area contributed by atoms with Gasteiger partial charge in [0.05, 0.1) is 12.2 Å². The second kappa shape index (κ2) is 10.4. The molecule has 6 nitrogen and oxygen atoms in total. The molecule has 0 aliphatic rings. The topological polar surface area (TPSA) is 85.5 Å². The largest absolute Gasteiger partial charge is 0.479 e. The van der Waals surface area contributed by atoms with Crippen LogP contribution in [0.4, 0.5) is 13.2 Å². The molecule has 0 fully saturated rings. The Labute approximate surface area is 218 Å². The van der Waals surface area contributed by atoms with Gasteiger partial charge < -0.3 is 14.4 Å². The van der Waals surface area contributed by atoms with Crippen LogP contribution in [0.5, 0.6) is 0 Å². The first kappa shape index (κ1) is 27.1. The Kier molecular flexibility index (Phi) is 7.42. The zero-order valence-electron chi connectivity index (χ0n) is 21.3. The number of carboxylic acids is 1. The number of nitrogens with zero attached hydrogens (tertiary/aromatic N) is 2. The molecule has 198 valence electrons. The van der Waals surface area contributed by atoms with Crippen LogP contribution in [0.3, 0.4) is 0 Å². The Bertz CT molecular complexity index is 1440. The number of halogens is 3. The lowest BCUT2D eigenvalue weighted by Gasteiger charge is -2.27. The first-order chi connectivity index (χ1) is 17.8. The van der Waals surface area contributed by atoms with E-state index < -0.39 is 29.2 Å². The Hall–Kier alpha value is -3.98. The predicted octanol–water partition coefficient (Wildman–Crippen LogP) is 7.41. The van der Waals surface area contributed by atoms with Crippen LogP contribution < -0.4 is 0 Å². The number of ether oxygens (including phenoxy) is 1. The summed E-state index contributed by atoms with van der Waals surface area (Å²) in [5.74, 6) is -0.861. The molecule has 0 spiro atoms. The van der Waals surface area contributed by atoms with E-state index in [1.165, 1.54) is 12.1 Å². The third-order valence-electron chi connectivity index (χ3n) is 6.07. The van der Waals surface area contributed by atoms with E-state index in [9.17, 15) is 23.1 Å². The maximum absolute atomic E-state index is 14.0. The average molecular weight is 525 g/mol. The van der Waals surface area contributed by atoms with Crippen LogP contribution >= 0.6 is 0 Å². The van der Waals surface area contributed by atoms with Crippen LogP contribution in [-0.4, -0.2) is 27.3 Å². The van der Waals surface area contributed by atoms with Crippen molar-refractivity contribution in [3.63, 3.8) is 0 Å². The van der Waals surface area contributed by atoms with E-state index in [-0.39, 0.29) is 29.4 Å². The van der Waals surface area contributed by atoms with Crippen LogP contribution in [0.2, 0.25) is 0 Å². The fraction of sp³-hybridized carbons (Fsp3) is 0.276. The first-order valence-electron chi connectivity index (χ1n) is 11.9. The molecule has 1 unspecified atom stereocenters. The van der Waals surface area contributed by atoms with Crippen molar-refractivity contribution in [2.45, 2.75) is 46.6 Å². The molecule has 0 bridgehead atoms. The highest BCUT2D eigenvalue weighted by molar-refractivity contribution is 5.75. The minimum atomic E-state index is -4.58. The lowest BCUT2D eigenvalue weighted by atomic mass is 9.89. The minimum absolute atomic E-state index is 0.0382. The van der Waals surface area contributed by atoms with Crippen molar-refractivity contribution in [2.24, 2.45) is 5.41 Å². The second-order valence-corrected chi connectivity index (χ2v) is 10.1. The molecule has 9 heteroatoms. The lowest BCUT2D eigenvalue weighted by Crippen LogP contribution is -2.36. The number of carboxylic acid groups (broad SMARTS) is 1. The summed E-state index contributed by atoms with van der Waals surface area (Å²) in [5, 5.41) is 13.3. The van der Waals surface area contributed by atoms with Gasteiger partial charge in [0.15, 0.2) is 6.10 Å². The summed E-state index contributed by atoms with van der Waals surface area (Å²) in [5.41, 5.74) is 1.43. The smallest absolute Gasteiger partial charge is 0.417 e. The van der Waals surface area contributed by atoms with Crippen LogP contribution in [0, 0.1) is 12.3 Å². The van der Waals surface area contributed by atoms with Gasteiger partial charge in [-0.05, 0) is 46.7 Å². The first-order valence-corrected chi connectivity index (χ1v) is 11.9. The molecule has 1 N–H and O–H groups in total. The summed E-state index contributed by atoms with van der Waals surface area (Å²) in [4.78, 5) is 15.8. The molecule has 3 aromatic carbocycles. The quantitative estimate of drug-likeness (QED) is 0.271. The van der Waals surface area contributed by atoms with E-state index in [0.29, 0.717) is 11.1 Å². The van der Waals surface area contributed by atoms with Crippen LogP contribution in [0.15, 0.2) is 71.3 Å². The Morgan fingerprint density at radius 1 is 0.974 bits per heavy atom. The third kappa shape index (κ3) is 5.94. The molecule has 0 radical (unpaired) electrons. The molecular formula is C29H27F3N2O4. The highest BCUT2D eigenvalue weighted by atomic mass is 19.4. The lowest BCUT2D eigenvalue weighted by molar-refractivity contribution is -0.159. The number of alkyl halides is 3. The van der Waals surface area contributed by atoms with E-state index >= 15 is 0 Å². The zero-order valence-corrected chi connectivity index (χ0v) is 21.3. The number of carbonyl (C=O) groups is 1. The van der Waals surface area contributed by atoms with Gasteiger partial charge in [0.25, 0.3) is 5.89 Å². The summed E-state index contributed by atoms with van der Waals surface area (Å²) in [6.45, 7) is 7.23. The van der Waals surface area contributed by atoms with Gasteiger partial charge in [0.1, 0.15) is 0 Å². The monoisotopic (exact) mass is 524 g/mol. The predicted molar refractivity (Wildman–Crippen MR) is 136 cm³/mol. The number of hydrogen-bond donors (Lipinski definition) is 1. The zero-order chi connectivity index (χ0) is 27.7. The Morgan fingerprint density at radius 3 is 2.24 bits per heavy atom. The summed E-state index contributed by atoms with van der Waals surface area (Å²) in [6.07, 6.45) is -5.55. The minimum Gasteiger partial charge on any atom is -0.479 e. The van der Waals surface area contributed by atoms with Gasteiger partial charge >= 0.3 is 12.1 Å². The number of benzene rings is 3. The molecule has 0 saturated carbocycles. The van der Waals surface area contributed by atoms with Crippen LogP contribution in [0.1, 0.15) is 37.5 Å². The molecule has 1 heterocycles. The van der Waals surface area contributed by atoms with Crippen molar-refractivity contribution < 1.29 is 32.3 Å². The number of aryl methyl sites for hydroxylation is 1. The highest BCUT2D eigenvalue weighted by Crippen LogP contribution is 2.40. The molecule has 38 heavy (non-hydrogen) atoms. The number of rotatable bonds is 7. The van der Waals surface area contributed by atoms with Crippen LogP contribution in [0.25, 0.3) is 34.0 Å². The van der Waals surface area contributed by atoms with E-state index in [0.717, 1.165) is 17.2 Å². The van der Waals surface area contributed by atoms with E-state index in [4.69, 9.17) is 9.26 Å². The van der Waals surface area contributed by atoms with Crippen molar-refractivity contribution in [1.82, 2.24) is 10.1 Å². The molecule has 1 atom stereocenters. The molecule has 0 aliphatic heterocycles. The number of hydrogen-bond acceptors (Lipinski definition) is 5. The van der Waals surface area contributed by atoms with Gasteiger partial charge in [-0.25, -0.2) is 4.79 Å². The maximum Gasteiger partial charge on any atom is 0.417 e. The van der Waals surface area contributed by atoms with E-state index in [2.05, 4.69) is 10.1 Å². The fourth-order valence-corrected chi connectivity index (χ4v) is 4.10. The normalized spacial score (nSPS) is 12.9. The van der Waals surface area contributed by atoms with Gasteiger partial charge in [-0.15, -0.1) is 0 Å². The number of aliphatic carboxylic acids is 1. The van der Waals surface area contributed by atoms with Crippen molar-refractivity contribution in [3.05, 3.63) is 83.4 Å². The van der Waals surface area contributed by atoms with E-state index in [1.807, 2.05) is 0 Å². The Balaban J connectivity index is 1.56. The van der Waals surface area contributed by atoms with Gasteiger partial charge in [-0.2, -0.15) is 18.2 Å². The summed E-state index contributed by atoms with van der Waals surface area (Å²) < 4.78 is 52.9. The molecule has 0 amide bonds. The van der Waals surface area contributed by atoms with Crippen molar-refractivity contribution in [3.8, 4) is 34.0 Å². The summed E-state index contributed by atoms with van der Waals surface area (Å²) >= 11 is 0. The van der Waals surface area contributed by atoms with Crippen molar-refractivity contribution >= 4 is 5.97 Å². The highest BCUT2D eigenvalue weighted by Gasteiger charge is 2.35. The third-order valence-corrected chi connectivity index (χ3v) is 6.07. The second-order valence-electron chi connectivity index (χ2n) is 10.1. The molecule has 4 aromatic rings. The number of aromatic nitrogens is 2. The molecule has 0 saturated heterocycles. The molecule has 4 rings (SSSR count). The summed E-state index contributed by atoms with van der Waals surface area (Å²) in [6, 6.07) is 17.8. The van der Waals surface area contributed by atoms with Gasteiger partial charge in [-0.1, -0.05) is 80.5 Å². The van der Waals surface area contributed by atoms with Gasteiger partial charge in [-0.3, -0.25) is 0 Å².